The Hall–Kier alpha value is -3.42. The molecule has 8 nitrogen and oxygen atoms in total. The van der Waals surface area contributed by atoms with Crippen LogP contribution in [0.5, 0.6) is 0 Å². The molecule has 0 heterocycles. The molecular weight excluding hydrogens is 374 g/mol. The van der Waals surface area contributed by atoms with E-state index in [4.69, 9.17) is 4.74 Å². The monoisotopic (exact) mass is 399 g/mol. The van der Waals surface area contributed by atoms with Crippen molar-refractivity contribution in [3.05, 3.63) is 69.8 Å². The highest BCUT2D eigenvalue weighted by molar-refractivity contribution is 6.00. The third-order valence-corrected chi connectivity index (χ3v) is 4.37. The molecule has 0 saturated heterocycles. The highest BCUT2D eigenvalue weighted by Gasteiger charge is 2.23. The van der Waals surface area contributed by atoms with Gasteiger partial charge in [-0.1, -0.05) is 30.3 Å². The van der Waals surface area contributed by atoms with Gasteiger partial charge in [0.05, 0.1) is 23.0 Å². The van der Waals surface area contributed by atoms with Gasteiger partial charge in [0.2, 0.25) is 0 Å². The number of carbonyl (C=O) groups excluding carboxylic acids is 2. The first-order chi connectivity index (χ1) is 13.8. The van der Waals surface area contributed by atoms with E-state index in [1.165, 1.54) is 18.2 Å². The fourth-order valence-electron chi connectivity index (χ4n) is 2.92. The summed E-state index contributed by atoms with van der Waals surface area (Å²) in [5, 5.41) is 13.8. The highest BCUT2D eigenvalue weighted by atomic mass is 16.6. The zero-order chi connectivity index (χ0) is 21.4. The van der Waals surface area contributed by atoms with Crippen molar-refractivity contribution in [3.63, 3.8) is 0 Å². The molecule has 0 spiro atoms. The van der Waals surface area contributed by atoms with Crippen LogP contribution in [0, 0.1) is 16.0 Å². The predicted molar refractivity (Wildman–Crippen MR) is 110 cm³/mol. The van der Waals surface area contributed by atoms with Gasteiger partial charge in [0.1, 0.15) is 0 Å². The van der Waals surface area contributed by atoms with E-state index in [0.717, 1.165) is 5.56 Å². The smallest absolute Gasteiger partial charge is 0.311 e. The fraction of sp³-hybridized carbons (Fsp3) is 0.333. The number of nitro benzene ring substituents is 1. The van der Waals surface area contributed by atoms with Gasteiger partial charge in [0, 0.05) is 38.5 Å². The van der Waals surface area contributed by atoms with Crippen molar-refractivity contribution < 1.29 is 19.2 Å². The van der Waals surface area contributed by atoms with E-state index in [1.54, 1.807) is 25.9 Å². The normalized spacial score (nSPS) is 11.4. The van der Waals surface area contributed by atoms with Crippen molar-refractivity contribution in [3.8, 4) is 0 Å². The number of hydrogen-bond acceptors (Lipinski definition) is 6. The predicted octanol–water partition coefficient (Wildman–Crippen LogP) is 2.81. The van der Waals surface area contributed by atoms with E-state index in [9.17, 15) is 19.7 Å². The lowest BCUT2D eigenvalue weighted by Crippen LogP contribution is -2.35. The minimum absolute atomic E-state index is 0.0577. The molecule has 29 heavy (non-hydrogen) atoms. The molecule has 2 rings (SSSR count). The summed E-state index contributed by atoms with van der Waals surface area (Å²) in [6.45, 7) is 2.03. The second-order valence-corrected chi connectivity index (χ2v) is 6.70. The Balaban J connectivity index is 2.19. The third kappa shape index (κ3) is 6.03. The first-order valence-electron chi connectivity index (χ1n) is 9.28. The van der Waals surface area contributed by atoms with Crippen molar-refractivity contribution >= 4 is 23.3 Å². The molecule has 1 N–H and O–H groups in total. The lowest BCUT2D eigenvalue weighted by atomic mass is 9.99. The van der Waals surface area contributed by atoms with Gasteiger partial charge in [-0.2, -0.15) is 0 Å². The van der Waals surface area contributed by atoms with Gasteiger partial charge in [0.15, 0.2) is 0 Å². The van der Waals surface area contributed by atoms with Gasteiger partial charge in [-0.25, -0.2) is 0 Å². The average Bonchev–Trinajstić information content (AvgIpc) is 2.71. The van der Waals surface area contributed by atoms with Crippen molar-refractivity contribution in [1.29, 1.82) is 0 Å². The summed E-state index contributed by atoms with van der Waals surface area (Å²) >= 11 is 0. The summed E-state index contributed by atoms with van der Waals surface area (Å²) in [4.78, 5) is 37.4. The number of hydrogen-bond donors (Lipinski definition) is 1. The molecular formula is C21H25N3O5. The van der Waals surface area contributed by atoms with Crippen LogP contribution in [0.4, 0.5) is 11.4 Å². The molecule has 0 aromatic heterocycles. The number of carbonyl (C=O) groups is 2. The topological polar surface area (TPSA) is 102 Å². The van der Waals surface area contributed by atoms with Crippen LogP contribution in [0.15, 0.2) is 48.5 Å². The second-order valence-electron chi connectivity index (χ2n) is 6.70. The number of anilines is 1. The Bertz CT molecular complexity index is 868. The molecule has 1 amide bonds. The van der Waals surface area contributed by atoms with Gasteiger partial charge >= 0.3 is 5.97 Å². The van der Waals surface area contributed by atoms with Crippen molar-refractivity contribution in [1.82, 2.24) is 5.32 Å². The van der Waals surface area contributed by atoms with Crippen LogP contribution in [0.3, 0.4) is 0 Å². The fourth-order valence-corrected chi connectivity index (χ4v) is 2.92. The van der Waals surface area contributed by atoms with Crippen molar-refractivity contribution in [2.24, 2.45) is 5.92 Å². The number of esters is 1. The maximum absolute atomic E-state index is 12.8. The Morgan fingerprint density at radius 3 is 2.45 bits per heavy atom. The first-order valence-corrected chi connectivity index (χ1v) is 9.28. The number of non-ortho nitro benzene ring substituents is 1. The molecule has 0 saturated carbocycles. The number of amides is 1. The van der Waals surface area contributed by atoms with Gasteiger partial charge < -0.3 is 15.0 Å². The third-order valence-electron chi connectivity index (χ3n) is 4.37. The molecule has 0 aliphatic heterocycles. The minimum Gasteiger partial charge on any atom is -0.466 e. The largest absolute Gasteiger partial charge is 0.466 e. The maximum Gasteiger partial charge on any atom is 0.311 e. The standard InChI is InChI=1S/C21H25N3O5/c1-4-29-21(26)16(12-15-8-6-5-7-9-15)14-22-20(25)18-13-17(24(27)28)10-11-19(18)23(2)3/h5-11,13,16H,4,12,14H2,1-3H3,(H,22,25). The Labute approximate surface area is 169 Å². The van der Waals surface area contributed by atoms with Gasteiger partial charge in [-0.3, -0.25) is 19.7 Å². The Morgan fingerprint density at radius 2 is 1.86 bits per heavy atom. The van der Waals surface area contributed by atoms with Crippen LogP contribution in [0.1, 0.15) is 22.8 Å². The van der Waals surface area contributed by atoms with E-state index < -0.39 is 22.7 Å². The molecule has 2 aromatic carbocycles. The Morgan fingerprint density at radius 1 is 1.17 bits per heavy atom. The van der Waals surface area contributed by atoms with Crippen LogP contribution in [0.2, 0.25) is 0 Å². The quantitative estimate of drug-likeness (QED) is 0.395. The highest BCUT2D eigenvalue weighted by Crippen LogP contribution is 2.24. The molecule has 0 aliphatic carbocycles. The maximum atomic E-state index is 12.8. The summed E-state index contributed by atoms with van der Waals surface area (Å²) in [7, 11) is 3.49. The number of benzene rings is 2. The van der Waals surface area contributed by atoms with Gasteiger partial charge in [0.25, 0.3) is 11.6 Å². The molecule has 0 aliphatic rings. The van der Waals surface area contributed by atoms with Crippen LogP contribution in [0.25, 0.3) is 0 Å². The van der Waals surface area contributed by atoms with E-state index in [0.29, 0.717) is 12.1 Å². The molecule has 2 aromatic rings. The zero-order valence-corrected chi connectivity index (χ0v) is 16.8. The van der Waals surface area contributed by atoms with Crippen molar-refractivity contribution in [2.45, 2.75) is 13.3 Å². The first kappa shape index (κ1) is 21.9. The number of nitrogens with zero attached hydrogens (tertiary/aromatic N) is 2. The Kier molecular flexibility index (Phi) is 7.70. The number of ether oxygens (including phenoxy) is 1. The van der Waals surface area contributed by atoms with Gasteiger partial charge in [-0.05, 0) is 25.0 Å². The summed E-state index contributed by atoms with van der Waals surface area (Å²) in [6.07, 6.45) is 0.412. The summed E-state index contributed by atoms with van der Waals surface area (Å²) in [5.41, 5.74) is 1.49. The number of nitro groups is 1. The van der Waals surface area contributed by atoms with Crippen LogP contribution in [-0.4, -0.2) is 44.0 Å². The molecule has 154 valence electrons. The molecule has 0 radical (unpaired) electrons. The molecule has 1 atom stereocenters. The average molecular weight is 399 g/mol. The molecule has 1 unspecified atom stereocenters. The van der Waals surface area contributed by atoms with Crippen LogP contribution in [-0.2, 0) is 16.0 Å². The lowest BCUT2D eigenvalue weighted by molar-refractivity contribution is -0.384. The zero-order valence-electron chi connectivity index (χ0n) is 16.8. The molecule has 0 bridgehead atoms. The van der Waals surface area contributed by atoms with E-state index >= 15 is 0 Å². The molecule has 8 heteroatoms. The lowest BCUT2D eigenvalue weighted by Gasteiger charge is -2.19. The van der Waals surface area contributed by atoms with E-state index in [2.05, 4.69) is 5.32 Å². The minimum atomic E-state index is -0.567. The second kappa shape index (κ2) is 10.2. The van der Waals surface area contributed by atoms with Gasteiger partial charge in [-0.15, -0.1) is 0 Å². The van der Waals surface area contributed by atoms with E-state index in [-0.39, 0.29) is 24.4 Å². The molecule has 0 fully saturated rings. The SMILES string of the molecule is CCOC(=O)C(CNC(=O)c1cc([N+](=O)[O-])ccc1N(C)C)Cc1ccccc1. The summed E-state index contributed by atoms with van der Waals surface area (Å²) in [5.74, 6) is -1.45. The van der Waals surface area contributed by atoms with Crippen LogP contribution >= 0.6 is 0 Å². The van der Waals surface area contributed by atoms with Crippen LogP contribution < -0.4 is 10.2 Å². The number of nitrogens with one attached hydrogen (secondary N) is 1. The number of rotatable bonds is 9. The van der Waals surface area contributed by atoms with Crippen molar-refractivity contribution in [2.75, 3.05) is 32.1 Å². The van der Waals surface area contributed by atoms with E-state index in [1.807, 2.05) is 30.3 Å². The summed E-state index contributed by atoms with van der Waals surface area (Å²) < 4.78 is 5.14. The summed E-state index contributed by atoms with van der Waals surface area (Å²) in [6, 6.07) is 13.6.